The molecular formula is C13H26N2O. The van der Waals surface area contributed by atoms with Crippen LogP contribution >= 0.6 is 0 Å². The van der Waals surface area contributed by atoms with Crippen molar-refractivity contribution >= 4 is 5.91 Å². The Balaban J connectivity index is 2.94. The topological polar surface area (TPSA) is 32.3 Å². The molecule has 1 saturated heterocycles. The lowest BCUT2D eigenvalue weighted by Crippen LogP contribution is -2.46. The van der Waals surface area contributed by atoms with Gasteiger partial charge in [-0.2, -0.15) is 0 Å². The predicted octanol–water partition coefficient (Wildman–Crippen LogP) is 2.37. The first-order valence-electron chi connectivity index (χ1n) is 6.47. The van der Waals surface area contributed by atoms with E-state index in [1.165, 1.54) is 0 Å². The zero-order valence-corrected chi connectivity index (χ0v) is 11.5. The third-order valence-corrected chi connectivity index (χ3v) is 4.02. The maximum atomic E-state index is 12.4. The van der Waals surface area contributed by atoms with Gasteiger partial charge in [0.25, 0.3) is 0 Å². The van der Waals surface area contributed by atoms with Crippen molar-refractivity contribution in [3.05, 3.63) is 0 Å². The minimum atomic E-state index is -0.357. The van der Waals surface area contributed by atoms with Gasteiger partial charge in [0.05, 0.1) is 11.7 Å². The number of carbonyl (C=O) groups excluding carboxylic acids is 1. The molecule has 3 heteroatoms. The van der Waals surface area contributed by atoms with Crippen LogP contribution in [0.1, 0.15) is 54.4 Å². The van der Waals surface area contributed by atoms with E-state index >= 15 is 0 Å². The molecule has 1 amide bonds. The Morgan fingerprint density at radius 1 is 1.38 bits per heavy atom. The fourth-order valence-corrected chi connectivity index (χ4v) is 2.27. The number of nitrogens with one attached hydrogen (secondary N) is 1. The van der Waals surface area contributed by atoms with Gasteiger partial charge in [-0.25, -0.2) is 0 Å². The Morgan fingerprint density at radius 3 is 2.31 bits per heavy atom. The van der Waals surface area contributed by atoms with Crippen LogP contribution in [-0.2, 0) is 4.79 Å². The van der Waals surface area contributed by atoms with Crippen molar-refractivity contribution in [2.45, 2.75) is 72.1 Å². The second-order valence-electron chi connectivity index (χ2n) is 5.45. The summed E-state index contributed by atoms with van der Waals surface area (Å²) >= 11 is 0. The van der Waals surface area contributed by atoms with Gasteiger partial charge in [0.15, 0.2) is 0 Å². The molecule has 16 heavy (non-hydrogen) atoms. The number of carbonyl (C=O) groups is 1. The molecule has 0 radical (unpaired) electrons. The Bertz CT molecular complexity index is 265. The summed E-state index contributed by atoms with van der Waals surface area (Å²) in [6.45, 7) is 12.7. The Labute approximate surface area is 99.6 Å². The number of amides is 1. The Hall–Kier alpha value is -0.570. The lowest BCUT2D eigenvalue weighted by molar-refractivity contribution is -0.135. The van der Waals surface area contributed by atoms with Crippen LogP contribution < -0.4 is 5.32 Å². The molecule has 1 aliphatic heterocycles. The second-order valence-corrected chi connectivity index (χ2v) is 5.45. The SMILES string of the molecule is CCC1NC(C)(CC)C(=O)N1C(C)C(C)C. The summed E-state index contributed by atoms with van der Waals surface area (Å²) in [5.41, 5.74) is -0.357. The summed E-state index contributed by atoms with van der Waals surface area (Å²) in [6, 6.07) is 0.304. The van der Waals surface area contributed by atoms with E-state index in [0.717, 1.165) is 12.8 Å². The fraction of sp³-hybridized carbons (Fsp3) is 0.923. The predicted molar refractivity (Wildman–Crippen MR) is 67.1 cm³/mol. The molecule has 0 saturated carbocycles. The van der Waals surface area contributed by atoms with Crippen LogP contribution in [0.5, 0.6) is 0 Å². The summed E-state index contributed by atoms with van der Waals surface area (Å²) in [4.78, 5) is 14.5. The average Bonchev–Trinajstić information content (AvgIpc) is 2.51. The van der Waals surface area contributed by atoms with Crippen LogP contribution in [-0.4, -0.2) is 28.6 Å². The number of hydrogen-bond donors (Lipinski definition) is 1. The fourth-order valence-electron chi connectivity index (χ4n) is 2.27. The number of nitrogens with zero attached hydrogens (tertiary/aromatic N) is 1. The standard InChI is InChI=1S/C13H26N2O/c1-7-11-14-13(6,8-2)12(16)15(11)10(5)9(3)4/h9-11,14H,7-8H2,1-6H3. The maximum Gasteiger partial charge on any atom is 0.244 e. The van der Waals surface area contributed by atoms with Gasteiger partial charge in [-0.15, -0.1) is 0 Å². The molecule has 0 aliphatic carbocycles. The van der Waals surface area contributed by atoms with Crippen molar-refractivity contribution in [1.29, 1.82) is 0 Å². The monoisotopic (exact) mass is 226 g/mol. The van der Waals surface area contributed by atoms with E-state index in [4.69, 9.17) is 0 Å². The first kappa shape index (κ1) is 13.5. The molecule has 0 aromatic carbocycles. The van der Waals surface area contributed by atoms with E-state index in [9.17, 15) is 4.79 Å². The van der Waals surface area contributed by atoms with Gasteiger partial charge >= 0.3 is 0 Å². The summed E-state index contributed by atoms with van der Waals surface area (Å²) < 4.78 is 0. The molecule has 3 atom stereocenters. The van der Waals surface area contributed by atoms with Crippen LogP contribution in [0.25, 0.3) is 0 Å². The van der Waals surface area contributed by atoms with Crippen LogP contribution in [0.3, 0.4) is 0 Å². The molecule has 1 rings (SSSR count). The molecule has 3 nitrogen and oxygen atoms in total. The molecule has 3 unspecified atom stereocenters. The molecule has 0 bridgehead atoms. The molecule has 0 spiro atoms. The highest BCUT2D eigenvalue weighted by atomic mass is 16.2. The highest BCUT2D eigenvalue weighted by molar-refractivity contribution is 5.88. The van der Waals surface area contributed by atoms with Crippen LogP contribution in [0.4, 0.5) is 0 Å². The highest BCUT2D eigenvalue weighted by Crippen LogP contribution is 2.28. The maximum absolute atomic E-state index is 12.4. The second kappa shape index (κ2) is 4.74. The molecule has 0 aromatic heterocycles. The van der Waals surface area contributed by atoms with Gasteiger partial charge in [0.1, 0.15) is 0 Å². The molecular weight excluding hydrogens is 200 g/mol. The van der Waals surface area contributed by atoms with Gasteiger partial charge in [-0.05, 0) is 32.6 Å². The zero-order chi connectivity index (χ0) is 12.5. The first-order valence-corrected chi connectivity index (χ1v) is 6.47. The van der Waals surface area contributed by atoms with Gasteiger partial charge in [-0.1, -0.05) is 27.7 Å². The van der Waals surface area contributed by atoms with Crippen molar-refractivity contribution in [2.75, 3.05) is 0 Å². The molecule has 94 valence electrons. The number of hydrogen-bond acceptors (Lipinski definition) is 2. The quantitative estimate of drug-likeness (QED) is 0.798. The van der Waals surface area contributed by atoms with Gasteiger partial charge in [0, 0.05) is 6.04 Å². The van der Waals surface area contributed by atoms with Crippen molar-refractivity contribution in [2.24, 2.45) is 5.92 Å². The molecule has 1 aliphatic rings. The largest absolute Gasteiger partial charge is 0.323 e. The minimum absolute atomic E-state index is 0.204. The van der Waals surface area contributed by atoms with E-state index in [1.807, 2.05) is 11.8 Å². The van der Waals surface area contributed by atoms with Crippen molar-refractivity contribution in [3.63, 3.8) is 0 Å². The molecule has 1 N–H and O–H groups in total. The van der Waals surface area contributed by atoms with Crippen LogP contribution in [0.15, 0.2) is 0 Å². The van der Waals surface area contributed by atoms with Crippen molar-refractivity contribution in [1.82, 2.24) is 10.2 Å². The molecule has 0 aromatic rings. The molecule has 1 fully saturated rings. The summed E-state index contributed by atoms with van der Waals surface area (Å²) in [5.74, 6) is 0.766. The lowest BCUT2D eigenvalue weighted by atomic mass is 9.97. The summed E-state index contributed by atoms with van der Waals surface area (Å²) in [6.07, 6.45) is 2.03. The Kier molecular flexibility index (Phi) is 4.00. The van der Waals surface area contributed by atoms with Crippen molar-refractivity contribution in [3.8, 4) is 0 Å². The number of rotatable bonds is 4. The molecule has 1 heterocycles. The van der Waals surface area contributed by atoms with Gasteiger partial charge < -0.3 is 4.90 Å². The van der Waals surface area contributed by atoms with Crippen LogP contribution in [0, 0.1) is 5.92 Å². The van der Waals surface area contributed by atoms with Crippen molar-refractivity contribution < 1.29 is 4.79 Å². The van der Waals surface area contributed by atoms with E-state index in [2.05, 4.69) is 39.9 Å². The Morgan fingerprint density at radius 2 is 1.94 bits per heavy atom. The average molecular weight is 226 g/mol. The first-order chi connectivity index (χ1) is 7.37. The van der Waals surface area contributed by atoms with E-state index < -0.39 is 0 Å². The van der Waals surface area contributed by atoms with E-state index in [-0.39, 0.29) is 17.6 Å². The normalized spacial score (nSPS) is 32.6. The summed E-state index contributed by atoms with van der Waals surface area (Å²) in [5, 5.41) is 3.48. The third-order valence-electron chi connectivity index (χ3n) is 4.02. The third kappa shape index (κ3) is 2.10. The lowest BCUT2D eigenvalue weighted by Gasteiger charge is -2.32. The van der Waals surface area contributed by atoms with E-state index in [0.29, 0.717) is 12.0 Å². The smallest absolute Gasteiger partial charge is 0.244 e. The van der Waals surface area contributed by atoms with Gasteiger partial charge in [-0.3, -0.25) is 10.1 Å². The van der Waals surface area contributed by atoms with Gasteiger partial charge in [0.2, 0.25) is 5.91 Å². The van der Waals surface area contributed by atoms with Crippen LogP contribution in [0.2, 0.25) is 0 Å². The highest BCUT2D eigenvalue weighted by Gasteiger charge is 2.47. The minimum Gasteiger partial charge on any atom is -0.323 e. The zero-order valence-electron chi connectivity index (χ0n) is 11.5. The van der Waals surface area contributed by atoms with E-state index in [1.54, 1.807) is 0 Å². The summed E-state index contributed by atoms with van der Waals surface area (Å²) in [7, 11) is 0.